The fourth-order valence-electron chi connectivity index (χ4n) is 2.32. The summed E-state index contributed by atoms with van der Waals surface area (Å²) >= 11 is 0. The third-order valence-electron chi connectivity index (χ3n) is 3.46. The van der Waals surface area contributed by atoms with Crippen molar-refractivity contribution in [2.45, 2.75) is 26.5 Å². The van der Waals surface area contributed by atoms with E-state index in [1.807, 2.05) is 13.8 Å². The predicted molar refractivity (Wildman–Crippen MR) is 73.6 cm³/mol. The molecule has 1 saturated heterocycles. The van der Waals surface area contributed by atoms with Gasteiger partial charge in [0.25, 0.3) is 5.91 Å². The zero-order chi connectivity index (χ0) is 14.8. The summed E-state index contributed by atoms with van der Waals surface area (Å²) in [5.74, 6) is 1.30. The first-order chi connectivity index (χ1) is 10.2. The van der Waals surface area contributed by atoms with Crippen molar-refractivity contribution in [2.75, 3.05) is 19.7 Å². The van der Waals surface area contributed by atoms with Crippen LogP contribution < -0.4 is 0 Å². The quantitative estimate of drug-likeness (QED) is 0.891. The van der Waals surface area contributed by atoms with E-state index in [-0.39, 0.29) is 12.0 Å². The summed E-state index contributed by atoms with van der Waals surface area (Å²) in [6, 6.07) is 0. The smallest absolute Gasteiger partial charge is 0.257 e. The number of carbonyl (C=O) groups is 1. The Kier molecular flexibility index (Phi) is 3.70. The number of amides is 1. The highest BCUT2D eigenvalue weighted by Crippen LogP contribution is 2.20. The number of carbonyl (C=O) groups excluding carboxylic acids is 1. The average molecular weight is 290 g/mol. The number of H-pyrrole nitrogens is 1. The number of aromatic nitrogens is 5. The van der Waals surface area contributed by atoms with Crippen LogP contribution in [0.5, 0.6) is 0 Å². The van der Waals surface area contributed by atoms with Crippen LogP contribution in [0.4, 0.5) is 0 Å². The topological polar surface area (TPSA) is 88.9 Å². The number of rotatable bonds is 3. The van der Waals surface area contributed by atoms with E-state index in [4.69, 9.17) is 4.74 Å². The van der Waals surface area contributed by atoms with Gasteiger partial charge in [-0.2, -0.15) is 10.2 Å². The predicted octanol–water partition coefficient (Wildman–Crippen LogP) is 0.543. The molecular formula is C13H18N6O2. The summed E-state index contributed by atoms with van der Waals surface area (Å²) in [7, 11) is 0. The van der Waals surface area contributed by atoms with Gasteiger partial charge in [0.2, 0.25) is 0 Å². The van der Waals surface area contributed by atoms with Crippen LogP contribution in [-0.4, -0.2) is 55.5 Å². The number of hydrogen-bond donors (Lipinski definition) is 1. The Morgan fingerprint density at radius 2 is 2.43 bits per heavy atom. The van der Waals surface area contributed by atoms with E-state index in [0.29, 0.717) is 31.1 Å². The molecule has 0 radical (unpaired) electrons. The molecule has 0 aliphatic carbocycles. The molecule has 1 aliphatic heterocycles. The van der Waals surface area contributed by atoms with Gasteiger partial charge in [0.1, 0.15) is 11.9 Å². The van der Waals surface area contributed by atoms with Crippen molar-refractivity contribution in [3.8, 4) is 0 Å². The summed E-state index contributed by atoms with van der Waals surface area (Å²) in [5.41, 5.74) is 0.601. The SMILES string of the molecule is CCn1cc(C(=O)N2CCOC(c3n[nH]c(C)n3)C2)cn1. The average Bonchev–Trinajstić information content (AvgIpc) is 3.15. The number of hydrogen-bond acceptors (Lipinski definition) is 5. The fraction of sp³-hybridized carbons (Fsp3) is 0.538. The lowest BCUT2D eigenvalue weighted by molar-refractivity contribution is -0.0266. The van der Waals surface area contributed by atoms with E-state index >= 15 is 0 Å². The van der Waals surface area contributed by atoms with Crippen LogP contribution in [0.1, 0.15) is 35.0 Å². The Morgan fingerprint density at radius 3 is 3.10 bits per heavy atom. The zero-order valence-corrected chi connectivity index (χ0v) is 12.1. The molecule has 8 nitrogen and oxygen atoms in total. The molecule has 0 aromatic carbocycles. The molecule has 1 atom stereocenters. The van der Waals surface area contributed by atoms with Gasteiger partial charge >= 0.3 is 0 Å². The summed E-state index contributed by atoms with van der Waals surface area (Å²) in [6.45, 7) is 6.06. The van der Waals surface area contributed by atoms with Gasteiger partial charge in [-0.3, -0.25) is 14.6 Å². The molecule has 2 aromatic rings. The molecule has 0 bridgehead atoms. The van der Waals surface area contributed by atoms with Crippen molar-refractivity contribution >= 4 is 5.91 Å². The molecule has 3 heterocycles. The van der Waals surface area contributed by atoms with E-state index in [1.54, 1.807) is 22.0 Å². The Hall–Kier alpha value is -2.22. The second kappa shape index (κ2) is 5.65. The molecule has 1 aliphatic rings. The molecule has 2 aromatic heterocycles. The molecule has 1 fully saturated rings. The molecule has 0 spiro atoms. The molecule has 8 heteroatoms. The first kappa shape index (κ1) is 13.7. The minimum Gasteiger partial charge on any atom is -0.366 e. The zero-order valence-electron chi connectivity index (χ0n) is 12.1. The maximum absolute atomic E-state index is 12.5. The molecule has 1 N–H and O–H groups in total. The molecule has 21 heavy (non-hydrogen) atoms. The summed E-state index contributed by atoms with van der Waals surface area (Å²) < 4.78 is 7.40. The number of nitrogens with zero attached hydrogens (tertiary/aromatic N) is 5. The van der Waals surface area contributed by atoms with Gasteiger partial charge in [-0.1, -0.05) is 0 Å². The first-order valence-corrected chi connectivity index (χ1v) is 6.99. The van der Waals surface area contributed by atoms with Gasteiger partial charge in [0.05, 0.1) is 24.9 Å². The number of aryl methyl sites for hydroxylation is 2. The fourth-order valence-corrected chi connectivity index (χ4v) is 2.32. The van der Waals surface area contributed by atoms with Crippen molar-refractivity contribution < 1.29 is 9.53 Å². The van der Waals surface area contributed by atoms with Crippen molar-refractivity contribution in [1.29, 1.82) is 0 Å². The monoisotopic (exact) mass is 290 g/mol. The van der Waals surface area contributed by atoms with E-state index in [1.165, 1.54) is 0 Å². The van der Waals surface area contributed by atoms with Crippen LogP contribution in [0.15, 0.2) is 12.4 Å². The first-order valence-electron chi connectivity index (χ1n) is 6.99. The molecule has 1 amide bonds. The third-order valence-corrected chi connectivity index (χ3v) is 3.46. The minimum absolute atomic E-state index is 0.0322. The highest BCUT2D eigenvalue weighted by atomic mass is 16.5. The Labute approximate surface area is 122 Å². The van der Waals surface area contributed by atoms with Crippen molar-refractivity contribution in [2.24, 2.45) is 0 Å². The van der Waals surface area contributed by atoms with Crippen LogP contribution in [0.25, 0.3) is 0 Å². The van der Waals surface area contributed by atoms with Crippen LogP contribution in [0.3, 0.4) is 0 Å². The molecule has 3 rings (SSSR count). The number of aromatic amines is 1. The second-order valence-corrected chi connectivity index (χ2v) is 4.97. The lowest BCUT2D eigenvalue weighted by Gasteiger charge is -2.31. The largest absolute Gasteiger partial charge is 0.366 e. The van der Waals surface area contributed by atoms with Crippen molar-refractivity contribution in [1.82, 2.24) is 29.9 Å². The highest BCUT2D eigenvalue weighted by molar-refractivity contribution is 5.93. The van der Waals surface area contributed by atoms with E-state index in [0.717, 1.165) is 12.4 Å². The van der Waals surface area contributed by atoms with Gasteiger partial charge in [-0.05, 0) is 13.8 Å². The normalized spacial score (nSPS) is 19.0. The Bertz CT molecular complexity index is 634. The minimum atomic E-state index is -0.283. The van der Waals surface area contributed by atoms with Gasteiger partial charge < -0.3 is 9.64 Å². The van der Waals surface area contributed by atoms with Gasteiger partial charge in [0.15, 0.2) is 5.82 Å². The van der Waals surface area contributed by atoms with Gasteiger partial charge in [-0.15, -0.1) is 0 Å². The summed E-state index contributed by atoms with van der Waals surface area (Å²) in [6.07, 6.45) is 3.09. The van der Waals surface area contributed by atoms with E-state index < -0.39 is 0 Å². The Morgan fingerprint density at radius 1 is 1.57 bits per heavy atom. The highest BCUT2D eigenvalue weighted by Gasteiger charge is 2.28. The van der Waals surface area contributed by atoms with Gasteiger partial charge in [-0.25, -0.2) is 4.98 Å². The van der Waals surface area contributed by atoms with Crippen molar-refractivity contribution in [3.63, 3.8) is 0 Å². The third kappa shape index (κ3) is 2.80. The Balaban J connectivity index is 1.72. The van der Waals surface area contributed by atoms with Gasteiger partial charge in [0, 0.05) is 19.3 Å². The molecular weight excluding hydrogens is 272 g/mol. The number of ether oxygens (including phenoxy) is 1. The number of nitrogens with one attached hydrogen (secondary N) is 1. The standard InChI is InChI=1S/C13H18N6O2/c1-3-19-7-10(6-14-19)13(20)18-4-5-21-11(8-18)12-15-9(2)16-17-12/h6-7,11H,3-5,8H2,1-2H3,(H,15,16,17). The molecule has 1 unspecified atom stereocenters. The lowest BCUT2D eigenvalue weighted by Crippen LogP contribution is -2.42. The summed E-state index contributed by atoms with van der Waals surface area (Å²) in [5, 5.41) is 11.0. The maximum Gasteiger partial charge on any atom is 0.257 e. The molecule has 0 saturated carbocycles. The summed E-state index contributed by atoms with van der Waals surface area (Å²) in [4.78, 5) is 18.5. The van der Waals surface area contributed by atoms with Crippen molar-refractivity contribution in [3.05, 3.63) is 29.6 Å². The van der Waals surface area contributed by atoms with Crippen LogP contribution in [-0.2, 0) is 11.3 Å². The maximum atomic E-state index is 12.5. The molecule has 112 valence electrons. The van der Waals surface area contributed by atoms with Crippen LogP contribution in [0, 0.1) is 6.92 Å². The van der Waals surface area contributed by atoms with E-state index in [2.05, 4.69) is 20.3 Å². The lowest BCUT2D eigenvalue weighted by atomic mass is 10.2. The van der Waals surface area contributed by atoms with Crippen LogP contribution >= 0.6 is 0 Å². The van der Waals surface area contributed by atoms with Crippen LogP contribution in [0.2, 0.25) is 0 Å². The second-order valence-electron chi connectivity index (χ2n) is 4.97. The number of morpholine rings is 1. The van der Waals surface area contributed by atoms with E-state index in [9.17, 15) is 4.79 Å².